The molecule has 0 unspecified atom stereocenters. The molecule has 1 aliphatic rings. The normalized spacial score (nSPS) is 15.4. The number of carbonyl (C=O) groups excluding carboxylic acids is 2. The van der Waals surface area contributed by atoms with Crippen LogP contribution in [0.4, 0.5) is 0 Å². The van der Waals surface area contributed by atoms with E-state index in [-0.39, 0.29) is 24.9 Å². The summed E-state index contributed by atoms with van der Waals surface area (Å²) in [6, 6.07) is 0. The number of amides is 2. The van der Waals surface area contributed by atoms with Crippen LogP contribution >= 0.6 is 0 Å². The molecule has 1 saturated heterocycles. The first-order chi connectivity index (χ1) is 8.75. The highest BCUT2D eigenvalue weighted by atomic mass is 16.2. The third kappa shape index (κ3) is 3.52. The van der Waals surface area contributed by atoms with E-state index in [9.17, 15) is 9.59 Å². The minimum absolute atomic E-state index is 0.0352. The van der Waals surface area contributed by atoms with Gasteiger partial charge in [0.15, 0.2) is 0 Å². The maximum atomic E-state index is 11.8. The Balaban J connectivity index is 1.70. The van der Waals surface area contributed by atoms with E-state index >= 15 is 0 Å². The smallest absolute Gasteiger partial charge is 0.242 e. The molecule has 0 spiro atoms. The SMILES string of the molecule is O=C(Cn1cncn1)NCC(=O)N1CCNCC1. The summed E-state index contributed by atoms with van der Waals surface area (Å²) < 4.78 is 1.41. The van der Waals surface area contributed by atoms with Gasteiger partial charge >= 0.3 is 0 Å². The quantitative estimate of drug-likeness (QED) is 0.636. The van der Waals surface area contributed by atoms with Crippen molar-refractivity contribution in [2.75, 3.05) is 32.7 Å². The molecule has 8 nitrogen and oxygen atoms in total. The van der Waals surface area contributed by atoms with E-state index in [0.717, 1.165) is 13.1 Å². The summed E-state index contributed by atoms with van der Waals surface area (Å²) >= 11 is 0. The largest absolute Gasteiger partial charge is 0.345 e. The van der Waals surface area contributed by atoms with Gasteiger partial charge in [-0.2, -0.15) is 5.10 Å². The standard InChI is InChI=1S/C10H16N6O2/c17-9(6-16-8-12-7-14-16)13-5-10(18)15-3-1-11-2-4-15/h7-8,11H,1-6H2,(H,13,17). The van der Waals surface area contributed by atoms with Crippen molar-refractivity contribution < 1.29 is 9.59 Å². The van der Waals surface area contributed by atoms with Crippen LogP contribution < -0.4 is 10.6 Å². The molecular weight excluding hydrogens is 236 g/mol. The third-order valence-electron chi connectivity index (χ3n) is 2.68. The van der Waals surface area contributed by atoms with Crippen LogP contribution in [0.2, 0.25) is 0 Å². The van der Waals surface area contributed by atoms with E-state index in [1.54, 1.807) is 4.90 Å². The maximum absolute atomic E-state index is 11.8. The number of hydrogen-bond donors (Lipinski definition) is 2. The summed E-state index contributed by atoms with van der Waals surface area (Å²) in [6.07, 6.45) is 2.82. The van der Waals surface area contributed by atoms with Gasteiger partial charge in [-0.25, -0.2) is 9.67 Å². The summed E-state index contributed by atoms with van der Waals surface area (Å²) in [5, 5.41) is 9.56. The lowest BCUT2D eigenvalue weighted by atomic mass is 10.3. The maximum Gasteiger partial charge on any atom is 0.242 e. The van der Waals surface area contributed by atoms with Crippen molar-refractivity contribution in [2.45, 2.75) is 6.54 Å². The minimum Gasteiger partial charge on any atom is -0.345 e. The molecule has 1 aromatic heterocycles. The van der Waals surface area contributed by atoms with E-state index in [2.05, 4.69) is 20.7 Å². The first-order valence-corrected chi connectivity index (χ1v) is 5.83. The summed E-state index contributed by atoms with van der Waals surface area (Å²) in [4.78, 5) is 28.7. The van der Waals surface area contributed by atoms with Gasteiger partial charge in [-0.1, -0.05) is 0 Å². The predicted molar refractivity (Wildman–Crippen MR) is 62.5 cm³/mol. The first kappa shape index (κ1) is 12.5. The lowest BCUT2D eigenvalue weighted by Gasteiger charge is -2.27. The number of rotatable bonds is 4. The van der Waals surface area contributed by atoms with E-state index < -0.39 is 0 Å². The van der Waals surface area contributed by atoms with Crippen molar-refractivity contribution in [3.8, 4) is 0 Å². The van der Waals surface area contributed by atoms with Gasteiger partial charge in [0.1, 0.15) is 19.2 Å². The molecule has 2 heterocycles. The van der Waals surface area contributed by atoms with Crippen molar-refractivity contribution >= 4 is 11.8 Å². The molecule has 2 N–H and O–H groups in total. The second kappa shape index (κ2) is 6.10. The van der Waals surface area contributed by atoms with Crippen LogP contribution in [-0.2, 0) is 16.1 Å². The zero-order valence-electron chi connectivity index (χ0n) is 10.0. The third-order valence-corrected chi connectivity index (χ3v) is 2.68. The molecule has 2 amide bonds. The summed E-state index contributed by atoms with van der Waals surface area (Å²) in [6.45, 7) is 3.11. The fraction of sp³-hybridized carbons (Fsp3) is 0.600. The van der Waals surface area contributed by atoms with Gasteiger partial charge in [0.05, 0.1) is 6.54 Å². The molecule has 0 bridgehead atoms. The predicted octanol–water partition coefficient (Wildman–Crippen LogP) is -2.17. The number of aromatic nitrogens is 3. The fourth-order valence-corrected chi connectivity index (χ4v) is 1.72. The Hall–Kier alpha value is -1.96. The van der Waals surface area contributed by atoms with Crippen LogP contribution in [0.25, 0.3) is 0 Å². The Bertz CT molecular complexity index is 399. The van der Waals surface area contributed by atoms with Crippen LogP contribution in [0.5, 0.6) is 0 Å². The summed E-state index contributed by atoms with van der Waals surface area (Å²) in [7, 11) is 0. The van der Waals surface area contributed by atoms with Crippen LogP contribution in [0, 0.1) is 0 Å². The van der Waals surface area contributed by atoms with Crippen LogP contribution in [0.3, 0.4) is 0 Å². The summed E-state index contributed by atoms with van der Waals surface area (Å²) in [5.41, 5.74) is 0. The zero-order valence-corrected chi connectivity index (χ0v) is 10.0. The molecule has 0 aliphatic carbocycles. The Kier molecular flexibility index (Phi) is 4.24. The van der Waals surface area contributed by atoms with Gasteiger partial charge in [0.2, 0.25) is 11.8 Å². The highest BCUT2D eigenvalue weighted by Gasteiger charge is 2.16. The monoisotopic (exact) mass is 252 g/mol. The van der Waals surface area contributed by atoms with Crippen molar-refractivity contribution in [1.82, 2.24) is 30.3 Å². The Morgan fingerprint density at radius 1 is 1.33 bits per heavy atom. The van der Waals surface area contributed by atoms with Crippen LogP contribution in [-0.4, -0.2) is 64.2 Å². The number of piperazine rings is 1. The van der Waals surface area contributed by atoms with E-state index in [1.807, 2.05) is 0 Å². The van der Waals surface area contributed by atoms with Crippen molar-refractivity contribution in [1.29, 1.82) is 0 Å². The molecule has 0 atom stereocenters. The number of nitrogens with one attached hydrogen (secondary N) is 2. The number of carbonyl (C=O) groups is 2. The molecular formula is C10H16N6O2. The first-order valence-electron chi connectivity index (χ1n) is 5.83. The molecule has 0 radical (unpaired) electrons. The molecule has 1 aliphatic heterocycles. The van der Waals surface area contributed by atoms with E-state index in [1.165, 1.54) is 17.3 Å². The molecule has 98 valence electrons. The number of nitrogens with zero attached hydrogens (tertiary/aromatic N) is 4. The lowest BCUT2D eigenvalue weighted by molar-refractivity contribution is -0.133. The van der Waals surface area contributed by atoms with Gasteiger partial charge in [-0.3, -0.25) is 9.59 Å². The van der Waals surface area contributed by atoms with E-state index in [4.69, 9.17) is 0 Å². The van der Waals surface area contributed by atoms with Crippen molar-refractivity contribution in [2.24, 2.45) is 0 Å². The molecule has 8 heteroatoms. The molecule has 18 heavy (non-hydrogen) atoms. The minimum atomic E-state index is -0.246. The van der Waals surface area contributed by atoms with Gasteiger partial charge < -0.3 is 15.5 Å². The second-order valence-corrected chi connectivity index (χ2v) is 4.00. The zero-order chi connectivity index (χ0) is 12.8. The van der Waals surface area contributed by atoms with Gasteiger partial charge in [-0.15, -0.1) is 0 Å². The average Bonchev–Trinajstić information content (AvgIpc) is 2.90. The molecule has 0 aromatic carbocycles. The highest BCUT2D eigenvalue weighted by molar-refractivity contribution is 5.84. The molecule has 0 saturated carbocycles. The highest BCUT2D eigenvalue weighted by Crippen LogP contribution is 1.92. The second-order valence-electron chi connectivity index (χ2n) is 4.00. The van der Waals surface area contributed by atoms with Gasteiger partial charge in [0, 0.05) is 26.2 Å². The Morgan fingerprint density at radius 2 is 2.11 bits per heavy atom. The fourth-order valence-electron chi connectivity index (χ4n) is 1.72. The Morgan fingerprint density at radius 3 is 2.78 bits per heavy atom. The topological polar surface area (TPSA) is 92.1 Å². The van der Waals surface area contributed by atoms with Crippen LogP contribution in [0.1, 0.15) is 0 Å². The summed E-state index contributed by atoms with van der Waals surface area (Å²) in [5.74, 6) is -0.299. The molecule has 1 aromatic rings. The van der Waals surface area contributed by atoms with Gasteiger partial charge in [-0.05, 0) is 0 Å². The Labute approximate surface area is 104 Å². The average molecular weight is 252 g/mol. The van der Waals surface area contributed by atoms with Crippen molar-refractivity contribution in [3.63, 3.8) is 0 Å². The van der Waals surface area contributed by atoms with Gasteiger partial charge in [0.25, 0.3) is 0 Å². The molecule has 1 fully saturated rings. The lowest BCUT2D eigenvalue weighted by Crippen LogP contribution is -2.49. The van der Waals surface area contributed by atoms with Crippen molar-refractivity contribution in [3.05, 3.63) is 12.7 Å². The van der Waals surface area contributed by atoms with Crippen LogP contribution in [0.15, 0.2) is 12.7 Å². The van der Waals surface area contributed by atoms with E-state index in [0.29, 0.717) is 13.1 Å². The molecule has 2 rings (SSSR count). The number of hydrogen-bond acceptors (Lipinski definition) is 5.